The Morgan fingerprint density at radius 2 is 1.55 bits per heavy atom. The molecular weight excluding hydrogens is 540 g/mol. The quantitative estimate of drug-likeness (QED) is 0.261. The molecule has 0 amide bonds. The van der Waals surface area contributed by atoms with Gasteiger partial charge in [-0.1, -0.05) is 37.4 Å². The molecule has 3 fully saturated rings. The van der Waals surface area contributed by atoms with Crippen LogP contribution in [0.2, 0.25) is 0 Å². The van der Waals surface area contributed by atoms with E-state index in [9.17, 15) is 4.79 Å². The van der Waals surface area contributed by atoms with Gasteiger partial charge in [-0.05, 0) is 35.4 Å². The number of esters is 1. The number of hydrogen-bond acceptors (Lipinski definition) is 9. The van der Waals surface area contributed by atoms with Gasteiger partial charge in [0.05, 0.1) is 57.9 Å². The molecule has 42 heavy (non-hydrogen) atoms. The molecule has 228 valence electrons. The second-order valence-corrected chi connectivity index (χ2v) is 9.89. The topological polar surface area (TPSA) is 113 Å². The first-order valence-corrected chi connectivity index (χ1v) is 13.8. The van der Waals surface area contributed by atoms with Crippen LogP contribution in [0.15, 0.2) is 78.6 Å². The van der Waals surface area contributed by atoms with Crippen molar-refractivity contribution < 1.29 is 43.4 Å². The molecule has 3 heterocycles. The highest BCUT2D eigenvalue weighted by atomic mass is 16.6. The van der Waals surface area contributed by atoms with Crippen molar-refractivity contribution in [1.82, 2.24) is 0 Å². The molecule has 0 spiro atoms. The van der Waals surface area contributed by atoms with Crippen LogP contribution in [0.1, 0.15) is 49.0 Å². The molecule has 2 N–H and O–H groups in total. The van der Waals surface area contributed by atoms with E-state index in [1.165, 1.54) is 7.11 Å². The summed E-state index contributed by atoms with van der Waals surface area (Å²) >= 11 is 0. The lowest BCUT2D eigenvalue weighted by molar-refractivity contribution is -0.139. The summed E-state index contributed by atoms with van der Waals surface area (Å²) in [6.45, 7) is 8.27. The normalized spacial score (nSPS) is 25.6. The summed E-state index contributed by atoms with van der Waals surface area (Å²) in [7, 11) is 5.64. The minimum Gasteiger partial charge on any atom is -0.497 e. The van der Waals surface area contributed by atoms with Crippen molar-refractivity contribution in [3.8, 4) is 11.5 Å². The van der Waals surface area contributed by atoms with Crippen LogP contribution in [0.25, 0.3) is 0 Å². The number of aliphatic hydroxyl groups is 2. The third-order valence-corrected chi connectivity index (χ3v) is 7.74. The van der Waals surface area contributed by atoms with Crippen LogP contribution in [-0.4, -0.2) is 75.6 Å². The molecule has 9 heteroatoms. The van der Waals surface area contributed by atoms with E-state index in [1.807, 2.05) is 48.5 Å². The Hall–Kier alpha value is -3.43. The first-order valence-electron chi connectivity index (χ1n) is 13.8. The molecule has 5 atom stereocenters. The number of methoxy groups -OCH3 is 3. The van der Waals surface area contributed by atoms with E-state index in [1.54, 1.807) is 14.2 Å². The van der Waals surface area contributed by atoms with Crippen LogP contribution < -0.4 is 9.47 Å². The third-order valence-electron chi connectivity index (χ3n) is 7.74. The number of ether oxygens (including phenoxy) is 6. The maximum atomic E-state index is 11.9. The molecule has 2 aromatic carbocycles. The lowest BCUT2D eigenvalue weighted by Gasteiger charge is -2.27. The highest BCUT2D eigenvalue weighted by Gasteiger charge is 2.56. The molecule has 3 aliphatic rings. The van der Waals surface area contributed by atoms with Crippen molar-refractivity contribution in [2.45, 2.75) is 55.7 Å². The van der Waals surface area contributed by atoms with Gasteiger partial charge in [0.25, 0.3) is 0 Å². The fourth-order valence-corrected chi connectivity index (χ4v) is 5.50. The Morgan fingerprint density at radius 1 is 0.976 bits per heavy atom. The molecule has 9 nitrogen and oxygen atoms in total. The Balaban J connectivity index is 0.000000222. The summed E-state index contributed by atoms with van der Waals surface area (Å²) in [6, 6.07) is 15.6. The zero-order chi connectivity index (χ0) is 30.7. The molecule has 3 aliphatic heterocycles. The van der Waals surface area contributed by atoms with E-state index in [0.717, 1.165) is 48.2 Å². The van der Waals surface area contributed by atoms with Crippen LogP contribution in [0.4, 0.5) is 0 Å². The fourth-order valence-electron chi connectivity index (χ4n) is 5.50. The smallest absolute Gasteiger partial charge is 0.336 e. The first-order chi connectivity index (χ1) is 20.4. The van der Waals surface area contributed by atoms with Gasteiger partial charge in [0, 0.05) is 45.0 Å². The molecule has 0 radical (unpaired) electrons. The highest BCUT2D eigenvalue weighted by molar-refractivity contribution is 5.90. The summed E-state index contributed by atoms with van der Waals surface area (Å²) in [6.07, 6.45) is 2.39. The fraction of sp³-hybridized carbons (Fsp3) is 0.455. The lowest BCUT2D eigenvalue weighted by atomic mass is 9.85. The van der Waals surface area contributed by atoms with Gasteiger partial charge in [-0.25, -0.2) is 4.79 Å². The second-order valence-electron chi connectivity index (χ2n) is 9.89. The third kappa shape index (κ3) is 7.31. The van der Waals surface area contributed by atoms with Crippen molar-refractivity contribution in [3.05, 3.63) is 89.7 Å². The van der Waals surface area contributed by atoms with Gasteiger partial charge in [0.15, 0.2) is 0 Å². The monoisotopic (exact) mass is 582 g/mol. The van der Waals surface area contributed by atoms with Crippen molar-refractivity contribution in [2.24, 2.45) is 0 Å². The molecule has 0 aromatic heterocycles. The summed E-state index contributed by atoms with van der Waals surface area (Å²) < 4.78 is 33.1. The molecule has 2 aromatic rings. The summed E-state index contributed by atoms with van der Waals surface area (Å²) in [4.78, 5) is 11.9. The van der Waals surface area contributed by atoms with Crippen LogP contribution in [0.3, 0.4) is 0 Å². The number of hydrogen-bond donors (Lipinski definition) is 2. The van der Waals surface area contributed by atoms with Gasteiger partial charge in [-0.3, -0.25) is 0 Å². The van der Waals surface area contributed by atoms with Crippen molar-refractivity contribution in [1.29, 1.82) is 0 Å². The van der Waals surface area contributed by atoms with Gasteiger partial charge >= 0.3 is 5.97 Å². The number of rotatable bonds is 8. The molecular formula is C33H42O9. The van der Waals surface area contributed by atoms with Crippen molar-refractivity contribution in [2.75, 3.05) is 41.7 Å². The van der Waals surface area contributed by atoms with Crippen LogP contribution >= 0.6 is 0 Å². The van der Waals surface area contributed by atoms with Gasteiger partial charge in [0.2, 0.25) is 0 Å². The van der Waals surface area contributed by atoms with Gasteiger partial charge in [-0.2, -0.15) is 0 Å². The zero-order valence-corrected chi connectivity index (χ0v) is 24.8. The number of aliphatic hydroxyl groups excluding tert-OH is 2. The SMILES string of the molecule is C=C(C(=O)OC)[C@]12CC(c3ccc(OC)cc3)OC1CCO2.C=C=C1CC(c2ccc(OC)cc2)OC1CCO.CO. The molecule has 4 unspecified atom stereocenters. The maximum Gasteiger partial charge on any atom is 0.336 e. The summed E-state index contributed by atoms with van der Waals surface area (Å²) in [5.41, 5.74) is 5.70. The van der Waals surface area contributed by atoms with E-state index in [0.29, 0.717) is 25.0 Å². The molecule has 0 saturated carbocycles. The van der Waals surface area contributed by atoms with E-state index in [4.69, 9.17) is 38.6 Å². The van der Waals surface area contributed by atoms with Crippen LogP contribution in [0, 0.1) is 0 Å². The average molecular weight is 583 g/mol. The summed E-state index contributed by atoms with van der Waals surface area (Å²) in [5, 5.41) is 16.0. The predicted octanol–water partition coefficient (Wildman–Crippen LogP) is 4.64. The first kappa shape index (κ1) is 33.1. The van der Waals surface area contributed by atoms with Gasteiger partial charge in [-0.15, -0.1) is 5.73 Å². The van der Waals surface area contributed by atoms with Crippen molar-refractivity contribution >= 4 is 5.97 Å². The number of fused-ring (bicyclic) bond motifs is 1. The van der Waals surface area contributed by atoms with E-state index in [2.05, 4.69) is 18.9 Å². The lowest BCUT2D eigenvalue weighted by Crippen LogP contribution is -2.40. The van der Waals surface area contributed by atoms with E-state index in [-0.39, 0.29) is 31.0 Å². The molecule has 5 rings (SSSR count). The van der Waals surface area contributed by atoms with Gasteiger partial charge < -0.3 is 38.6 Å². The number of carbonyl (C=O) groups excluding carboxylic acids is 1. The largest absolute Gasteiger partial charge is 0.497 e. The second kappa shape index (κ2) is 15.7. The molecule has 3 saturated heterocycles. The van der Waals surface area contributed by atoms with E-state index < -0.39 is 11.6 Å². The van der Waals surface area contributed by atoms with Crippen LogP contribution in [0.5, 0.6) is 11.5 Å². The van der Waals surface area contributed by atoms with Crippen LogP contribution in [-0.2, 0) is 23.7 Å². The Bertz CT molecular complexity index is 1220. The number of benzene rings is 2. The minimum absolute atomic E-state index is 0.0247. The Labute approximate surface area is 248 Å². The van der Waals surface area contributed by atoms with E-state index >= 15 is 0 Å². The molecule has 0 aliphatic carbocycles. The Morgan fingerprint density at radius 3 is 2.05 bits per heavy atom. The van der Waals surface area contributed by atoms with Crippen molar-refractivity contribution in [3.63, 3.8) is 0 Å². The minimum atomic E-state index is -0.766. The standard InChI is InChI=1S/C17H20O5.C15H18O3.CH4O/c1-11(16(18)20-3)17-10-14(22-15(17)8-9-21-17)12-4-6-13(19-2)7-5-12;1-3-11-10-15(18-14(11)8-9-16)12-4-6-13(17-2)7-5-12;1-2/h4-7,14-15H,1,8-10H2,2-3H3;4-7,14-16H,1,8-10H2,2H3;2H,1H3/t14?,15?,17-;;/m1../s1. The van der Waals surface area contributed by atoms with Gasteiger partial charge in [0.1, 0.15) is 17.1 Å². The zero-order valence-electron chi connectivity index (χ0n) is 24.8. The number of carbonyl (C=O) groups is 1. The average Bonchev–Trinajstić information content (AvgIpc) is 3.75. The maximum absolute atomic E-state index is 11.9. The highest BCUT2D eigenvalue weighted by Crippen LogP contribution is 2.50. The predicted molar refractivity (Wildman–Crippen MR) is 157 cm³/mol. The molecule has 0 bridgehead atoms. The Kier molecular flexibility index (Phi) is 12.4. The summed E-state index contributed by atoms with van der Waals surface area (Å²) in [5.74, 6) is 1.20.